The van der Waals surface area contributed by atoms with Gasteiger partial charge in [-0.25, -0.2) is 0 Å². The van der Waals surface area contributed by atoms with Crippen LogP contribution in [-0.4, -0.2) is 33.5 Å². The predicted octanol–water partition coefficient (Wildman–Crippen LogP) is 0.471. The van der Waals surface area contributed by atoms with Crippen molar-refractivity contribution in [2.45, 2.75) is 31.2 Å². The summed E-state index contributed by atoms with van der Waals surface area (Å²) in [5, 5.41) is 11.7. The van der Waals surface area contributed by atoms with Crippen LogP contribution in [0.5, 0.6) is 0 Å². The summed E-state index contributed by atoms with van der Waals surface area (Å²) in [4.78, 5) is 21.1. The van der Waals surface area contributed by atoms with Crippen molar-refractivity contribution in [2.24, 2.45) is 0 Å². The Kier molecular flexibility index (Phi) is 2.98. The highest BCUT2D eigenvalue weighted by Gasteiger charge is 2.38. The average Bonchev–Trinajstić information content (AvgIpc) is 2.29. The fraction of sp³-hybridized carbons (Fsp3) is 0.750. The SMILES string of the molecule is CC(=O)CC1(C)NC(C(=O)O)CS1. The van der Waals surface area contributed by atoms with E-state index in [0.29, 0.717) is 12.2 Å². The first-order valence-electron chi connectivity index (χ1n) is 4.07. The van der Waals surface area contributed by atoms with Crippen LogP contribution < -0.4 is 5.32 Å². The summed E-state index contributed by atoms with van der Waals surface area (Å²) < 4.78 is 0. The molecule has 0 amide bonds. The number of ketones is 1. The zero-order valence-corrected chi connectivity index (χ0v) is 8.48. The first kappa shape index (κ1) is 10.5. The highest BCUT2D eigenvalue weighted by Crippen LogP contribution is 2.33. The number of aliphatic carboxylic acids is 1. The fourth-order valence-corrected chi connectivity index (χ4v) is 2.72. The Morgan fingerprint density at radius 1 is 1.69 bits per heavy atom. The Bertz CT molecular complexity index is 244. The van der Waals surface area contributed by atoms with Gasteiger partial charge in [0.05, 0.1) is 4.87 Å². The van der Waals surface area contributed by atoms with Gasteiger partial charge in [0, 0.05) is 12.2 Å². The molecule has 0 bridgehead atoms. The third-order valence-electron chi connectivity index (χ3n) is 1.93. The monoisotopic (exact) mass is 203 g/mol. The topological polar surface area (TPSA) is 66.4 Å². The summed E-state index contributed by atoms with van der Waals surface area (Å²) in [6.07, 6.45) is 0.376. The molecule has 0 spiro atoms. The molecule has 2 atom stereocenters. The van der Waals surface area contributed by atoms with E-state index >= 15 is 0 Å². The van der Waals surface area contributed by atoms with Crippen LogP contribution in [-0.2, 0) is 9.59 Å². The van der Waals surface area contributed by atoms with Crippen molar-refractivity contribution < 1.29 is 14.7 Å². The van der Waals surface area contributed by atoms with Crippen LogP contribution in [0.25, 0.3) is 0 Å². The molecule has 2 unspecified atom stereocenters. The van der Waals surface area contributed by atoms with Crippen molar-refractivity contribution in [2.75, 3.05) is 5.75 Å². The van der Waals surface area contributed by atoms with Gasteiger partial charge in [-0.1, -0.05) is 0 Å². The number of rotatable bonds is 3. The maximum atomic E-state index is 10.9. The molecule has 0 saturated carbocycles. The van der Waals surface area contributed by atoms with E-state index in [0.717, 1.165) is 0 Å². The van der Waals surface area contributed by atoms with Crippen LogP contribution in [0, 0.1) is 0 Å². The Hall–Kier alpha value is -0.550. The molecule has 4 nitrogen and oxygen atoms in total. The Balaban J connectivity index is 2.56. The molecular formula is C8H13NO3S. The van der Waals surface area contributed by atoms with Crippen molar-refractivity contribution >= 4 is 23.5 Å². The molecule has 0 aromatic carbocycles. The van der Waals surface area contributed by atoms with Gasteiger partial charge in [0.25, 0.3) is 0 Å². The molecule has 1 saturated heterocycles. The second-order valence-electron chi connectivity index (χ2n) is 3.46. The number of Topliss-reactive ketones (excluding diaryl/α,β-unsaturated/α-hetero) is 1. The van der Waals surface area contributed by atoms with E-state index in [4.69, 9.17) is 5.11 Å². The molecule has 2 N–H and O–H groups in total. The molecule has 0 aromatic heterocycles. The fourth-order valence-electron chi connectivity index (χ4n) is 1.43. The predicted molar refractivity (Wildman–Crippen MR) is 50.7 cm³/mol. The van der Waals surface area contributed by atoms with Crippen molar-refractivity contribution in [3.8, 4) is 0 Å². The molecule has 1 fully saturated rings. The molecule has 5 heteroatoms. The van der Waals surface area contributed by atoms with E-state index in [1.165, 1.54) is 18.7 Å². The number of carbonyl (C=O) groups excluding carboxylic acids is 1. The lowest BCUT2D eigenvalue weighted by atomic mass is 10.1. The normalized spacial score (nSPS) is 33.2. The zero-order chi connectivity index (χ0) is 10.1. The van der Waals surface area contributed by atoms with E-state index in [9.17, 15) is 9.59 Å². The first-order valence-corrected chi connectivity index (χ1v) is 5.05. The number of carboxylic acid groups (broad SMARTS) is 1. The van der Waals surface area contributed by atoms with E-state index in [-0.39, 0.29) is 5.78 Å². The van der Waals surface area contributed by atoms with E-state index in [1.54, 1.807) is 0 Å². The van der Waals surface area contributed by atoms with Gasteiger partial charge < -0.3 is 5.11 Å². The molecule has 1 rings (SSSR count). The maximum Gasteiger partial charge on any atom is 0.321 e. The highest BCUT2D eigenvalue weighted by molar-refractivity contribution is 8.00. The van der Waals surface area contributed by atoms with Gasteiger partial charge in [-0.05, 0) is 13.8 Å². The Morgan fingerprint density at radius 2 is 2.31 bits per heavy atom. The standard InChI is InChI=1S/C8H13NO3S/c1-5(10)3-8(2)9-6(4-13-8)7(11)12/h6,9H,3-4H2,1-2H3,(H,11,12). The minimum Gasteiger partial charge on any atom is -0.480 e. The van der Waals surface area contributed by atoms with E-state index in [2.05, 4.69) is 5.32 Å². The van der Waals surface area contributed by atoms with Gasteiger partial charge >= 0.3 is 5.97 Å². The summed E-state index contributed by atoms with van der Waals surface area (Å²) in [5.41, 5.74) is 0. The lowest BCUT2D eigenvalue weighted by Gasteiger charge is -2.22. The smallest absolute Gasteiger partial charge is 0.321 e. The molecule has 1 heterocycles. The number of hydrogen-bond acceptors (Lipinski definition) is 4. The van der Waals surface area contributed by atoms with Crippen molar-refractivity contribution in [3.05, 3.63) is 0 Å². The van der Waals surface area contributed by atoms with Gasteiger partial charge in [0.15, 0.2) is 0 Å². The van der Waals surface area contributed by atoms with Crippen LogP contribution in [0.15, 0.2) is 0 Å². The summed E-state index contributed by atoms with van der Waals surface area (Å²) >= 11 is 1.50. The summed E-state index contributed by atoms with van der Waals surface area (Å²) in [5.74, 6) is -0.243. The summed E-state index contributed by atoms with van der Waals surface area (Å²) in [6.45, 7) is 3.38. The lowest BCUT2D eigenvalue weighted by Crippen LogP contribution is -2.44. The molecule has 0 aromatic rings. The van der Waals surface area contributed by atoms with Crippen LogP contribution in [0.4, 0.5) is 0 Å². The quantitative estimate of drug-likeness (QED) is 0.698. The second-order valence-corrected chi connectivity index (χ2v) is 4.98. The first-order chi connectivity index (χ1) is 5.93. The number of carbonyl (C=O) groups is 2. The van der Waals surface area contributed by atoms with Gasteiger partial charge in [0.1, 0.15) is 11.8 Å². The van der Waals surface area contributed by atoms with Crippen LogP contribution in [0.2, 0.25) is 0 Å². The molecule has 0 radical (unpaired) electrons. The summed E-state index contributed by atoms with van der Waals surface area (Å²) in [7, 11) is 0. The minimum absolute atomic E-state index is 0.0774. The number of hydrogen-bond donors (Lipinski definition) is 2. The number of thioether (sulfide) groups is 1. The Morgan fingerprint density at radius 3 is 2.69 bits per heavy atom. The number of carboxylic acids is 1. The van der Waals surface area contributed by atoms with Crippen LogP contribution >= 0.6 is 11.8 Å². The third-order valence-corrected chi connectivity index (χ3v) is 3.33. The zero-order valence-electron chi connectivity index (χ0n) is 7.66. The largest absolute Gasteiger partial charge is 0.480 e. The van der Waals surface area contributed by atoms with Gasteiger partial charge in [0.2, 0.25) is 0 Å². The number of nitrogens with one attached hydrogen (secondary N) is 1. The maximum absolute atomic E-state index is 10.9. The molecule has 1 aliphatic rings. The van der Waals surface area contributed by atoms with Gasteiger partial charge in [-0.15, -0.1) is 11.8 Å². The van der Waals surface area contributed by atoms with Crippen molar-refractivity contribution in [1.29, 1.82) is 0 Å². The molecule has 0 aliphatic carbocycles. The Labute approximate surface area is 81.1 Å². The van der Waals surface area contributed by atoms with Gasteiger partial charge in [-0.2, -0.15) is 0 Å². The van der Waals surface area contributed by atoms with Gasteiger partial charge in [-0.3, -0.25) is 14.9 Å². The van der Waals surface area contributed by atoms with Crippen molar-refractivity contribution in [1.82, 2.24) is 5.32 Å². The summed E-state index contributed by atoms with van der Waals surface area (Å²) in [6, 6.07) is -0.519. The minimum atomic E-state index is -0.847. The average molecular weight is 203 g/mol. The van der Waals surface area contributed by atoms with Crippen molar-refractivity contribution in [3.63, 3.8) is 0 Å². The van der Waals surface area contributed by atoms with Crippen LogP contribution in [0.3, 0.4) is 0 Å². The molecule has 74 valence electrons. The van der Waals surface area contributed by atoms with E-state index < -0.39 is 16.9 Å². The van der Waals surface area contributed by atoms with Crippen LogP contribution in [0.1, 0.15) is 20.3 Å². The lowest BCUT2D eigenvalue weighted by molar-refractivity contribution is -0.139. The molecular weight excluding hydrogens is 190 g/mol. The highest BCUT2D eigenvalue weighted by atomic mass is 32.2. The third kappa shape index (κ3) is 2.70. The van der Waals surface area contributed by atoms with E-state index in [1.807, 2.05) is 6.92 Å². The molecule has 13 heavy (non-hydrogen) atoms. The second kappa shape index (κ2) is 3.67. The molecule has 1 aliphatic heterocycles.